The minimum absolute atomic E-state index is 0.0320. The Labute approximate surface area is 136 Å². The highest BCUT2D eigenvalue weighted by molar-refractivity contribution is 5.99. The van der Waals surface area contributed by atoms with Crippen LogP contribution in [0.3, 0.4) is 0 Å². The molecule has 3 aliphatic carbocycles. The van der Waals surface area contributed by atoms with Crippen LogP contribution >= 0.6 is 0 Å². The zero-order valence-corrected chi connectivity index (χ0v) is 13.1. The standard InChI is InChI=1S/C16H15NO7/c1-23-15(19)13-8-6-10(18)12(14(13)16(20)24-2)7-4-3-5-9(11(7)8)17(21)22/h3-5,8,12-14H,6H2,1-2H3/t8-,12+,13+,14-/m0/s1. The number of ketones is 1. The molecule has 1 aromatic carbocycles. The summed E-state index contributed by atoms with van der Waals surface area (Å²) in [6.07, 6.45) is -0.0320. The van der Waals surface area contributed by atoms with Crippen molar-refractivity contribution in [3.63, 3.8) is 0 Å². The van der Waals surface area contributed by atoms with Gasteiger partial charge in [-0.15, -0.1) is 0 Å². The molecular weight excluding hydrogens is 318 g/mol. The van der Waals surface area contributed by atoms with Crippen molar-refractivity contribution in [2.75, 3.05) is 14.2 Å². The average molecular weight is 333 g/mol. The summed E-state index contributed by atoms with van der Waals surface area (Å²) in [7, 11) is 2.36. The first-order valence-electron chi connectivity index (χ1n) is 7.38. The molecule has 0 radical (unpaired) electrons. The SMILES string of the molecule is COC(=O)[C@@H]1[C@H](C(=O)OC)[C@H]2CC(=O)[C@H]1c1cccc([N+](=O)[O-])c12. The predicted molar refractivity (Wildman–Crippen MR) is 79.2 cm³/mol. The molecule has 0 N–H and O–H groups in total. The van der Waals surface area contributed by atoms with Crippen molar-refractivity contribution in [2.24, 2.45) is 11.8 Å². The van der Waals surface area contributed by atoms with E-state index in [4.69, 9.17) is 9.47 Å². The average Bonchev–Trinajstić information content (AvgIpc) is 2.59. The Hall–Kier alpha value is -2.77. The van der Waals surface area contributed by atoms with Crippen molar-refractivity contribution >= 4 is 23.4 Å². The number of methoxy groups -OCH3 is 2. The van der Waals surface area contributed by atoms with E-state index in [1.165, 1.54) is 26.4 Å². The fourth-order valence-corrected chi connectivity index (χ4v) is 4.05. The number of hydrogen-bond acceptors (Lipinski definition) is 7. The lowest BCUT2D eigenvalue weighted by atomic mass is 9.55. The van der Waals surface area contributed by atoms with Crippen molar-refractivity contribution in [1.82, 2.24) is 0 Å². The predicted octanol–water partition coefficient (Wildman–Crippen LogP) is 1.33. The minimum Gasteiger partial charge on any atom is -0.469 e. The van der Waals surface area contributed by atoms with Gasteiger partial charge in [0.2, 0.25) is 0 Å². The summed E-state index contributed by atoms with van der Waals surface area (Å²) in [6, 6.07) is 4.42. The van der Waals surface area contributed by atoms with Crippen LogP contribution in [0.1, 0.15) is 29.4 Å². The number of carbonyl (C=O) groups is 3. The molecule has 0 saturated heterocycles. The van der Waals surface area contributed by atoms with Crippen LogP contribution in [-0.2, 0) is 23.9 Å². The van der Waals surface area contributed by atoms with Crippen LogP contribution in [0.2, 0.25) is 0 Å². The molecule has 126 valence electrons. The summed E-state index contributed by atoms with van der Waals surface area (Å²) in [5.41, 5.74) is 0.635. The highest BCUT2D eigenvalue weighted by Gasteiger charge is 2.59. The van der Waals surface area contributed by atoms with E-state index in [9.17, 15) is 24.5 Å². The van der Waals surface area contributed by atoms with Gasteiger partial charge in [0.1, 0.15) is 5.78 Å². The first kappa shape index (κ1) is 16.1. The molecule has 4 atom stereocenters. The van der Waals surface area contributed by atoms with Crippen molar-refractivity contribution < 1.29 is 28.8 Å². The van der Waals surface area contributed by atoms with Gasteiger partial charge in [0.15, 0.2) is 0 Å². The van der Waals surface area contributed by atoms with Crippen LogP contribution < -0.4 is 0 Å². The van der Waals surface area contributed by atoms with Gasteiger partial charge in [0.05, 0.1) is 36.9 Å². The summed E-state index contributed by atoms with van der Waals surface area (Å²) in [5, 5.41) is 11.4. The Kier molecular flexibility index (Phi) is 3.82. The van der Waals surface area contributed by atoms with E-state index >= 15 is 0 Å². The molecule has 8 heteroatoms. The van der Waals surface area contributed by atoms with Gasteiger partial charge < -0.3 is 9.47 Å². The van der Waals surface area contributed by atoms with E-state index in [0.717, 1.165) is 0 Å². The Bertz CT molecular complexity index is 757. The number of esters is 2. The summed E-state index contributed by atoms with van der Waals surface area (Å²) in [5.74, 6) is -5.27. The lowest BCUT2D eigenvalue weighted by Gasteiger charge is -2.45. The molecule has 1 saturated carbocycles. The first-order chi connectivity index (χ1) is 11.4. The second-order valence-electron chi connectivity index (χ2n) is 5.89. The molecule has 2 bridgehead atoms. The Morgan fingerprint density at radius 3 is 2.38 bits per heavy atom. The molecule has 1 aromatic rings. The summed E-state index contributed by atoms with van der Waals surface area (Å²) in [6.45, 7) is 0. The number of Topliss-reactive ketones (excluding diaryl/α,β-unsaturated/α-hetero) is 1. The number of nitro groups is 1. The third-order valence-corrected chi connectivity index (χ3v) is 4.91. The molecule has 8 nitrogen and oxygen atoms in total. The van der Waals surface area contributed by atoms with Gasteiger partial charge in [-0.1, -0.05) is 12.1 Å². The second kappa shape index (κ2) is 5.70. The number of nitrogens with zero attached hydrogens (tertiary/aromatic N) is 1. The first-order valence-corrected chi connectivity index (χ1v) is 7.38. The van der Waals surface area contributed by atoms with Gasteiger partial charge in [-0.25, -0.2) is 0 Å². The largest absolute Gasteiger partial charge is 0.469 e. The lowest BCUT2D eigenvalue weighted by Crippen LogP contribution is -2.50. The third kappa shape index (κ3) is 2.10. The topological polar surface area (TPSA) is 113 Å². The van der Waals surface area contributed by atoms with E-state index in [-0.39, 0.29) is 17.9 Å². The van der Waals surface area contributed by atoms with Gasteiger partial charge >= 0.3 is 11.9 Å². The molecule has 3 aliphatic rings. The summed E-state index contributed by atoms with van der Waals surface area (Å²) >= 11 is 0. The molecule has 0 heterocycles. The Morgan fingerprint density at radius 2 is 1.79 bits per heavy atom. The van der Waals surface area contributed by atoms with Gasteiger partial charge in [0.25, 0.3) is 5.69 Å². The number of benzene rings is 1. The number of fused-ring (bicyclic) bond motifs is 2. The van der Waals surface area contributed by atoms with E-state index in [0.29, 0.717) is 11.1 Å². The zero-order valence-electron chi connectivity index (χ0n) is 13.1. The molecular formula is C16H15NO7. The maximum absolute atomic E-state index is 12.5. The lowest BCUT2D eigenvalue weighted by molar-refractivity contribution is -0.386. The number of rotatable bonds is 3. The molecule has 24 heavy (non-hydrogen) atoms. The normalized spacial score (nSPS) is 27.3. The van der Waals surface area contributed by atoms with E-state index < -0.39 is 40.5 Å². The van der Waals surface area contributed by atoms with E-state index in [1.807, 2.05) is 0 Å². The summed E-state index contributed by atoms with van der Waals surface area (Å²) in [4.78, 5) is 47.8. The fraction of sp³-hybridized carbons (Fsp3) is 0.438. The maximum atomic E-state index is 12.5. The van der Waals surface area contributed by atoms with Crippen LogP contribution in [0.5, 0.6) is 0 Å². The van der Waals surface area contributed by atoms with Crippen LogP contribution in [-0.4, -0.2) is 36.9 Å². The molecule has 0 unspecified atom stereocenters. The third-order valence-electron chi connectivity index (χ3n) is 4.91. The molecule has 4 rings (SSSR count). The van der Waals surface area contributed by atoms with E-state index in [2.05, 4.69) is 0 Å². The van der Waals surface area contributed by atoms with Crippen LogP contribution in [0.15, 0.2) is 18.2 Å². The highest BCUT2D eigenvalue weighted by atomic mass is 16.6. The number of hydrogen-bond donors (Lipinski definition) is 0. The maximum Gasteiger partial charge on any atom is 0.310 e. The second-order valence-corrected chi connectivity index (χ2v) is 5.89. The monoisotopic (exact) mass is 333 g/mol. The van der Waals surface area contributed by atoms with Crippen molar-refractivity contribution in [2.45, 2.75) is 18.3 Å². The van der Waals surface area contributed by atoms with Gasteiger partial charge in [-0.2, -0.15) is 0 Å². The van der Waals surface area contributed by atoms with Crippen molar-refractivity contribution in [3.8, 4) is 0 Å². The van der Waals surface area contributed by atoms with Gasteiger partial charge in [0, 0.05) is 24.0 Å². The Balaban J connectivity index is 2.26. The van der Waals surface area contributed by atoms with Crippen LogP contribution in [0, 0.1) is 22.0 Å². The van der Waals surface area contributed by atoms with E-state index in [1.54, 1.807) is 6.07 Å². The number of ether oxygens (including phenoxy) is 2. The molecule has 0 spiro atoms. The highest BCUT2D eigenvalue weighted by Crippen LogP contribution is 2.56. The molecule has 0 aliphatic heterocycles. The quantitative estimate of drug-likeness (QED) is 0.466. The Morgan fingerprint density at radius 1 is 1.17 bits per heavy atom. The van der Waals surface area contributed by atoms with Crippen LogP contribution in [0.25, 0.3) is 0 Å². The number of nitro benzene ring substituents is 1. The minimum atomic E-state index is -1.02. The molecule has 1 fully saturated rings. The summed E-state index contributed by atoms with van der Waals surface area (Å²) < 4.78 is 9.57. The van der Waals surface area contributed by atoms with Gasteiger partial charge in [-0.05, 0) is 5.56 Å². The van der Waals surface area contributed by atoms with Crippen molar-refractivity contribution in [1.29, 1.82) is 0 Å². The molecule has 0 amide bonds. The van der Waals surface area contributed by atoms with Gasteiger partial charge in [-0.3, -0.25) is 24.5 Å². The smallest absolute Gasteiger partial charge is 0.310 e. The zero-order chi connectivity index (χ0) is 17.6. The fourth-order valence-electron chi connectivity index (χ4n) is 4.05. The molecule has 0 aromatic heterocycles. The van der Waals surface area contributed by atoms with Crippen LogP contribution in [0.4, 0.5) is 5.69 Å². The number of carbonyl (C=O) groups excluding carboxylic acids is 3. The van der Waals surface area contributed by atoms with Crippen molar-refractivity contribution in [3.05, 3.63) is 39.4 Å².